The molecule has 108 valence electrons. The molecule has 0 aliphatic carbocycles. The molecule has 4 heteroatoms. The molecule has 0 atom stereocenters. The zero-order valence-electron chi connectivity index (χ0n) is 12.4. The van der Waals surface area contributed by atoms with Gasteiger partial charge in [0.1, 0.15) is 0 Å². The van der Waals surface area contributed by atoms with Gasteiger partial charge in [0.2, 0.25) is 0 Å². The van der Waals surface area contributed by atoms with Gasteiger partial charge in [-0.05, 0) is 42.5 Å². The first-order valence-electron chi connectivity index (χ1n) is 6.73. The summed E-state index contributed by atoms with van der Waals surface area (Å²) < 4.78 is 0. The molecule has 1 N–H and O–H groups in total. The molecule has 0 radical (unpaired) electrons. The van der Waals surface area contributed by atoms with E-state index in [-0.39, 0.29) is 0 Å². The molecule has 1 aromatic carbocycles. The summed E-state index contributed by atoms with van der Waals surface area (Å²) in [6, 6.07) is 6.16. The fourth-order valence-electron chi connectivity index (χ4n) is 1.91. The summed E-state index contributed by atoms with van der Waals surface area (Å²) in [5.74, 6) is 1.80. The lowest BCUT2D eigenvalue weighted by molar-refractivity contribution is 0.552. The highest BCUT2D eigenvalue weighted by Crippen LogP contribution is 2.23. The van der Waals surface area contributed by atoms with Gasteiger partial charge in [-0.1, -0.05) is 25.4 Å². The van der Waals surface area contributed by atoms with Gasteiger partial charge in [0.05, 0.1) is 0 Å². The Kier molecular flexibility index (Phi) is 7.66. The van der Waals surface area contributed by atoms with Crippen molar-refractivity contribution in [1.82, 2.24) is 5.32 Å². The number of nitrogens with one attached hydrogen (secondary N) is 1. The Morgan fingerprint density at radius 3 is 2.74 bits per heavy atom. The van der Waals surface area contributed by atoms with Crippen molar-refractivity contribution in [2.45, 2.75) is 20.4 Å². The van der Waals surface area contributed by atoms with Crippen LogP contribution in [0.5, 0.6) is 0 Å². The quantitative estimate of drug-likeness (QED) is 0.784. The van der Waals surface area contributed by atoms with Gasteiger partial charge in [-0.2, -0.15) is 11.8 Å². The van der Waals surface area contributed by atoms with E-state index in [1.165, 1.54) is 11.3 Å². The van der Waals surface area contributed by atoms with Gasteiger partial charge >= 0.3 is 0 Å². The Labute approximate surface area is 126 Å². The summed E-state index contributed by atoms with van der Waals surface area (Å²) in [5.41, 5.74) is 2.55. The molecular weight excluding hydrogens is 276 g/mol. The van der Waals surface area contributed by atoms with E-state index in [9.17, 15) is 0 Å². The Bertz CT molecular complexity index is 382. The molecule has 0 unspecified atom stereocenters. The minimum absolute atomic E-state index is 0.664. The fraction of sp³-hybridized carbons (Fsp3) is 0.600. The number of hydrogen-bond donors (Lipinski definition) is 1. The molecule has 0 bridgehead atoms. The van der Waals surface area contributed by atoms with Crippen molar-refractivity contribution in [2.24, 2.45) is 5.92 Å². The van der Waals surface area contributed by atoms with Crippen LogP contribution in [0.25, 0.3) is 0 Å². The molecule has 1 aromatic rings. The first kappa shape index (κ1) is 16.7. The Balaban J connectivity index is 2.73. The molecule has 0 saturated carbocycles. The number of halogens is 1. The van der Waals surface area contributed by atoms with Gasteiger partial charge in [0.15, 0.2) is 0 Å². The number of rotatable bonds is 8. The summed E-state index contributed by atoms with van der Waals surface area (Å²) >= 11 is 7.99. The minimum Gasteiger partial charge on any atom is -0.374 e. The van der Waals surface area contributed by atoms with Crippen LogP contribution in [0.15, 0.2) is 18.2 Å². The maximum atomic E-state index is 6.12. The standard InChI is InChI=1S/C15H25ClN2S/c1-12(2)10-17-11-13-9-14(16)5-6-15(13)18(3)7-8-19-4/h5-6,9,12,17H,7-8,10-11H2,1-4H3. The van der Waals surface area contributed by atoms with E-state index in [0.717, 1.165) is 30.4 Å². The molecule has 0 aliphatic rings. The van der Waals surface area contributed by atoms with E-state index in [4.69, 9.17) is 11.6 Å². The molecule has 0 spiro atoms. The maximum absolute atomic E-state index is 6.12. The smallest absolute Gasteiger partial charge is 0.0410 e. The van der Waals surface area contributed by atoms with Crippen LogP contribution >= 0.6 is 23.4 Å². The van der Waals surface area contributed by atoms with Crippen molar-refractivity contribution < 1.29 is 0 Å². The minimum atomic E-state index is 0.664. The normalized spacial score (nSPS) is 11.1. The third kappa shape index (κ3) is 6.07. The highest BCUT2D eigenvalue weighted by atomic mass is 35.5. The lowest BCUT2D eigenvalue weighted by Gasteiger charge is -2.23. The van der Waals surface area contributed by atoms with Crippen LogP contribution in [-0.2, 0) is 6.54 Å². The van der Waals surface area contributed by atoms with Crippen molar-refractivity contribution in [3.8, 4) is 0 Å². The highest BCUT2D eigenvalue weighted by molar-refractivity contribution is 7.98. The highest BCUT2D eigenvalue weighted by Gasteiger charge is 2.08. The second-order valence-corrected chi connectivity index (χ2v) is 6.63. The Morgan fingerprint density at radius 1 is 1.37 bits per heavy atom. The number of hydrogen-bond acceptors (Lipinski definition) is 3. The molecule has 0 amide bonds. The van der Waals surface area contributed by atoms with Gasteiger partial charge in [0, 0.05) is 36.6 Å². The molecular formula is C15H25ClN2S. The van der Waals surface area contributed by atoms with Crippen LogP contribution in [0, 0.1) is 5.92 Å². The van der Waals surface area contributed by atoms with Crippen LogP contribution in [0.4, 0.5) is 5.69 Å². The van der Waals surface area contributed by atoms with Crippen molar-refractivity contribution in [1.29, 1.82) is 0 Å². The SMILES string of the molecule is CSCCN(C)c1ccc(Cl)cc1CNCC(C)C. The third-order valence-electron chi connectivity index (χ3n) is 2.95. The maximum Gasteiger partial charge on any atom is 0.0410 e. The molecule has 1 rings (SSSR count). The topological polar surface area (TPSA) is 15.3 Å². The van der Waals surface area contributed by atoms with Gasteiger partial charge in [0.25, 0.3) is 0 Å². The van der Waals surface area contributed by atoms with Crippen LogP contribution in [0.1, 0.15) is 19.4 Å². The Morgan fingerprint density at radius 2 is 2.11 bits per heavy atom. The van der Waals surface area contributed by atoms with Crippen molar-refractivity contribution in [3.05, 3.63) is 28.8 Å². The van der Waals surface area contributed by atoms with E-state index in [1.54, 1.807) is 0 Å². The number of anilines is 1. The first-order valence-corrected chi connectivity index (χ1v) is 8.51. The van der Waals surface area contributed by atoms with Crippen molar-refractivity contribution in [2.75, 3.05) is 37.0 Å². The van der Waals surface area contributed by atoms with Crippen LogP contribution in [0.2, 0.25) is 5.02 Å². The van der Waals surface area contributed by atoms with Crippen molar-refractivity contribution >= 4 is 29.1 Å². The van der Waals surface area contributed by atoms with Gasteiger partial charge in [-0.3, -0.25) is 0 Å². The van der Waals surface area contributed by atoms with Crippen LogP contribution < -0.4 is 10.2 Å². The Hall–Kier alpha value is -0.380. The van der Waals surface area contributed by atoms with Gasteiger partial charge in [-0.15, -0.1) is 0 Å². The van der Waals surface area contributed by atoms with Crippen LogP contribution in [0.3, 0.4) is 0 Å². The lowest BCUT2D eigenvalue weighted by atomic mass is 10.1. The summed E-state index contributed by atoms with van der Waals surface area (Å²) in [7, 11) is 2.14. The van der Waals surface area contributed by atoms with E-state index in [0.29, 0.717) is 5.92 Å². The second kappa shape index (κ2) is 8.72. The van der Waals surface area contributed by atoms with E-state index in [1.807, 2.05) is 17.8 Å². The summed E-state index contributed by atoms with van der Waals surface area (Å²) in [5, 5.41) is 4.30. The molecule has 0 aliphatic heterocycles. The predicted octanol–water partition coefficient (Wildman–Crippen LogP) is 3.88. The number of nitrogens with zero attached hydrogens (tertiary/aromatic N) is 1. The zero-order chi connectivity index (χ0) is 14.3. The average Bonchev–Trinajstić information content (AvgIpc) is 2.35. The summed E-state index contributed by atoms with van der Waals surface area (Å²) in [4.78, 5) is 2.30. The molecule has 0 aromatic heterocycles. The molecule has 19 heavy (non-hydrogen) atoms. The fourth-order valence-corrected chi connectivity index (χ4v) is 2.56. The zero-order valence-corrected chi connectivity index (χ0v) is 13.9. The van der Waals surface area contributed by atoms with E-state index < -0.39 is 0 Å². The monoisotopic (exact) mass is 300 g/mol. The summed E-state index contributed by atoms with van der Waals surface area (Å²) in [6.45, 7) is 7.39. The van der Waals surface area contributed by atoms with Crippen LogP contribution in [-0.4, -0.2) is 32.1 Å². The second-order valence-electron chi connectivity index (χ2n) is 5.21. The molecule has 0 fully saturated rings. The molecule has 2 nitrogen and oxygen atoms in total. The largest absolute Gasteiger partial charge is 0.374 e. The third-order valence-corrected chi connectivity index (χ3v) is 3.78. The number of thioether (sulfide) groups is 1. The van der Waals surface area contributed by atoms with Gasteiger partial charge in [-0.25, -0.2) is 0 Å². The van der Waals surface area contributed by atoms with E-state index >= 15 is 0 Å². The lowest BCUT2D eigenvalue weighted by Crippen LogP contribution is -2.24. The average molecular weight is 301 g/mol. The summed E-state index contributed by atoms with van der Waals surface area (Å²) in [6.07, 6.45) is 2.14. The van der Waals surface area contributed by atoms with Crippen molar-refractivity contribution in [3.63, 3.8) is 0 Å². The van der Waals surface area contributed by atoms with E-state index in [2.05, 4.69) is 49.5 Å². The van der Waals surface area contributed by atoms with Gasteiger partial charge < -0.3 is 10.2 Å². The first-order chi connectivity index (χ1) is 9.04. The molecule has 0 saturated heterocycles. The molecule has 0 heterocycles. The number of benzene rings is 1. The predicted molar refractivity (Wildman–Crippen MR) is 89.6 cm³/mol.